The Morgan fingerprint density at radius 1 is 1.19 bits per heavy atom. The fraction of sp³-hybridized carbons (Fsp3) is 0.276. The summed E-state index contributed by atoms with van der Waals surface area (Å²) in [6, 6.07) is 19.2. The van der Waals surface area contributed by atoms with Crippen LogP contribution in [0, 0.1) is 12.8 Å². The molecule has 1 aliphatic rings. The number of hydrogen-bond acceptors (Lipinski definition) is 6. The lowest BCUT2D eigenvalue weighted by Crippen LogP contribution is -2.16. The molecule has 2 aromatic carbocycles. The molecule has 37 heavy (non-hydrogen) atoms. The summed E-state index contributed by atoms with van der Waals surface area (Å²) in [5.41, 5.74) is 6.24. The summed E-state index contributed by atoms with van der Waals surface area (Å²) in [6.45, 7) is 6.70. The van der Waals surface area contributed by atoms with Crippen molar-refractivity contribution in [1.82, 2.24) is 15.2 Å². The van der Waals surface area contributed by atoms with Crippen LogP contribution >= 0.6 is 11.3 Å². The Labute approximate surface area is 220 Å². The summed E-state index contributed by atoms with van der Waals surface area (Å²) in [6.07, 6.45) is 4.85. The van der Waals surface area contributed by atoms with Gasteiger partial charge in [0.25, 0.3) is 5.91 Å². The summed E-state index contributed by atoms with van der Waals surface area (Å²) in [5.74, 6) is 2.38. The predicted molar refractivity (Wildman–Crippen MR) is 147 cm³/mol. The average molecular weight is 515 g/mol. The first-order chi connectivity index (χ1) is 18.0. The fourth-order valence-electron chi connectivity index (χ4n) is 4.42. The number of para-hydroxylation sites is 1. The van der Waals surface area contributed by atoms with Crippen molar-refractivity contribution in [2.45, 2.75) is 40.0 Å². The van der Waals surface area contributed by atoms with E-state index in [1.165, 1.54) is 16.9 Å². The Hall–Kier alpha value is -3.91. The Kier molecular flexibility index (Phi) is 7.37. The normalized spacial score (nSPS) is 14.9. The second-order valence-electron chi connectivity index (χ2n) is 9.16. The van der Waals surface area contributed by atoms with Crippen molar-refractivity contribution in [3.8, 4) is 23.1 Å². The fourth-order valence-corrected chi connectivity index (χ4v) is 5.52. The highest BCUT2D eigenvalue weighted by Crippen LogP contribution is 2.33. The Balaban J connectivity index is 1.40. The van der Waals surface area contributed by atoms with Crippen LogP contribution in [0.4, 0.5) is 0 Å². The van der Waals surface area contributed by atoms with Gasteiger partial charge in [0.15, 0.2) is 0 Å². The number of ether oxygens (including phenoxy) is 2. The molecule has 1 amide bonds. The minimum atomic E-state index is -0.203. The Bertz CT molecular complexity index is 1410. The van der Waals surface area contributed by atoms with Crippen molar-refractivity contribution in [3.63, 3.8) is 0 Å². The number of benzene rings is 2. The zero-order valence-corrected chi connectivity index (χ0v) is 22.0. The van der Waals surface area contributed by atoms with Gasteiger partial charge in [0.05, 0.1) is 34.6 Å². The number of amides is 1. The number of aromatic nitrogens is 2. The van der Waals surface area contributed by atoms with E-state index in [1.807, 2.05) is 74.5 Å². The molecule has 7 nitrogen and oxygen atoms in total. The first-order valence-corrected chi connectivity index (χ1v) is 13.3. The Morgan fingerprint density at radius 3 is 2.70 bits per heavy atom. The maximum atomic E-state index is 12.8. The van der Waals surface area contributed by atoms with Crippen LogP contribution in [0.15, 0.2) is 65.8 Å². The number of thiophene rings is 1. The van der Waals surface area contributed by atoms with E-state index < -0.39 is 0 Å². The number of aryl methyl sites for hydroxylation is 2. The molecule has 2 aromatic heterocycles. The zero-order chi connectivity index (χ0) is 25.8. The predicted octanol–water partition coefficient (Wildman–Crippen LogP) is 6.32. The maximum Gasteiger partial charge on any atom is 0.281 e. The molecule has 0 aliphatic heterocycles. The van der Waals surface area contributed by atoms with Gasteiger partial charge in [-0.15, -0.1) is 11.3 Å². The lowest BCUT2D eigenvalue weighted by Gasteiger charge is -2.16. The van der Waals surface area contributed by atoms with Crippen molar-refractivity contribution >= 4 is 23.5 Å². The summed E-state index contributed by atoms with van der Waals surface area (Å²) < 4.78 is 13.6. The van der Waals surface area contributed by atoms with Gasteiger partial charge >= 0.3 is 0 Å². The highest BCUT2D eigenvalue weighted by molar-refractivity contribution is 7.14. The third-order valence-electron chi connectivity index (χ3n) is 6.33. The van der Waals surface area contributed by atoms with Crippen LogP contribution in [0.2, 0.25) is 0 Å². The van der Waals surface area contributed by atoms with Crippen molar-refractivity contribution in [3.05, 3.63) is 87.2 Å². The number of hydrogen-bond donors (Lipinski definition) is 1. The molecule has 1 atom stereocenters. The molecule has 190 valence electrons. The van der Waals surface area contributed by atoms with E-state index in [-0.39, 0.29) is 5.91 Å². The van der Waals surface area contributed by atoms with Crippen LogP contribution in [-0.4, -0.2) is 28.5 Å². The molecular formula is C29H30N4O3S. The van der Waals surface area contributed by atoms with Crippen LogP contribution in [-0.2, 0) is 12.8 Å². The van der Waals surface area contributed by atoms with E-state index in [2.05, 4.69) is 17.5 Å². The van der Waals surface area contributed by atoms with Crippen LogP contribution in [0.5, 0.6) is 17.4 Å². The van der Waals surface area contributed by atoms with Gasteiger partial charge in [0.2, 0.25) is 5.88 Å². The zero-order valence-electron chi connectivity index (χ0n) is 21.2. The summed E-state index contributed by atoms with van der Waals surface area (Å²) in [7, 11) is 0. The first kappa shape index (κ1) is 24.8. The number of rotatable bonds is 8. The van der Waals surface area contributed by atoms with Crippen LogP contribution in [0.3, 0.4) is 0 Å². The maximum absolute atomic E-state index is 12.8. The largest absolute Gasteiger partial charge is 0.494 e. The lowest BCUT2D eigenvalue weighted by molar-refractivity contribution is 0.0959. The van der Waals surface area contributed by atoms with E-state index in [1.54, 1.807) is 22.2 Å². The second kappa shape index (κ2) is 11.0. The van der Waals surface area contributed by atoms with E-state index in [0.717, 1.165) is 30.0 Å². The topological polar surface area (TPSA) is 77.7 Å². The molecule has 4 aromatic rings. The van der Waals surface area contributed by atoms with Gasteiger partial charge in [-0.1, -0.05) is 25.1 Å². The highest BCUT2D eigenvalue weighted by atomic mass is 32.1. The summed E-state index contributed by atoms with van der Waals surface area (Å²) >= 11 is 1.57. The molecule has 0 saturated heterocycles. The van der Waals surface area contributed by atoms with Crippen LogP contribution < -0.4 is 14.9 Å². The SMILES string of the molecule is CCOc1ccc(Oc2c(/C=N\NC(=O)c3cc4c(s3)CC[C@H](C)C4)c(C)nn2-c2ccccc2)cc1. The number of hydrazone groups is 1. The molecular weight excluding hydrogens is 484 g/mol. The van der Waals surface area contributed by atoms with Crippen molar-refractivity contribution < 1.29 is 14.3 Å². The lowest BCUT2D eigenvalue weighted by atomic mass is 9.90. The van der Waals surface area contributed by atoms with Crippen molar-refractivity contribution in [1.29, 1.82) is 0 Å². The van der Waals surface area contributed by atoms with E-state index in [0.29, 0.717) is 34.6 Å². The summed E-state index contributed by atoms with van der Waals surface area (Å²) in [4.78, 5) is 14.8. The number of nitrogens with zero attached hydrogens (tertiary/aromatic N) is 3. The Morgan fingerprint density at radius 2 is 1.95 bits per heavy atom. The van der Waals surface area contributed by atoms with Crippen molar-refractivity contribution in [2.24, 2.45) is 11.0 Å². The third-order valence-corrected chi connectivity index (χ3v) is 7.56. The van der Waals surface area contributed by atoms with Crippen LogP contribution in [0.1, 0.15) is 51.6 Å². The number of carbonyl (C=O) groups is 1. The molecule has 1 N–H and O–H groups in total. The second-order valence-corrected chi connectivity index (χ2v) is 10.3. The van der Waals surface area contributed by atoms with Gasteiger partial charge in [-0.2, -0.15) is 14.9 Å². The molecule has 0 unspecified atom stereocenters. The standard InChI is InChI=1S/C29H30N4O3S/c1-4-35-23-11-13-24(14-12-23)36-29-25(20(3)32-33(29)22-8-6-5-7-9-22)18-30-31-28(34)27-17-21-16-19(2)10-15-26(21)37-27/h5-9,11-14,17-19H,4,10,15-16H2,1-3H3,(H,31,34)/b30-18-/t19-/m0/s1. The quantitative estimate of drug-likeness (QED) is 0.220. The monoisotopic (exact) mass is 514 g/mol. The van der Waals surface area contributed by atoms with Crippen LogP contribution in [0.25, 0.3) is 5.69 Å². The minimum Gasteiger partial charge on any atom is -0.494 e. The van der Waals surface area contributed by atoms with Gasteiger partial charge in [-0.25, -0.2) is 5.43 Å². The molecule has 0 fully saturated rings. The number of fused-ring (bicyclic) bond motifs is 1. The summed E-state index contributed by atoms with van der Waals surface area (Å²) in [5, 5.41) is 8.97. The molecule has 5 rings (SSSR count). The number of nitrogens with one attached hydrogen (secondary N) is 1. The molecule has 2 heterocycles. The highest BCUT2D eigenvalue weighted by Gasteiger charge is 2.21. The van der Waals surface area contributed by atoms with Gasteiger partial charge in [0, 0.05) is 4.88 Å². The average Bonchev–Trinajstić information content (AvgIpc) is 3.46. The minimum absolute atomic E-state index is 0.203. The van der Waals surface area contributed by atoms with Gasteiger partial charge < -0.3 is 9.47 Å². The van der Waals surface area contributed by atoms with Gasteiger partial charge in [-0.05, 0) is 87.1 Å². The van der Waals surface area contributed by atoms with E-state index in [9.17, 15) is 4.79 Å². The number of carbonyl (C=O) groups excluding carboxylic acids is 1. The third kappa shape index (κ3) is 5.59. The van der Waals surface area contributed by atoms with Gasteiger partial charge in [0.1, 0.15) is 11.5 Å². The molecule has 1 aliphatic carbocycles. The van der Waals surface area contributed by atoms with Gasteiger partial charge in [-0.3, -0.25) is 4.79 Å². The van der Waals surface area contributed by atoms with E-state index in [4.69, 9.17) is 14.6 Å². The molecule has 0 spiro atoms. The molecule has 0 saturated carbocycles. The van der Waals surface area contributed by atoms with Crippen molar-refractivity contribution in [2.75, 3.05) is 6.61 Å². The smallest absolute Gasteiger partial charge is 0.281 e. The molecule has 0 bridgehead atoms. The molecule has 8 heteroatoms. The molecule has 0 radical (unpaired) electrons. The van der Waals surface area contributed by atoms with E-state index >= 15 is 0 Å². The first-order valence-electron chi connectivity index (χ1n) is 12.5.